The average Bonchev–Trinajstić information content (AvgIpc) is 3.80. The molecule has 0 bridgehead atoms. The minimum Gasteiger partial charge on any atom is -0.382 e. The van der Waals surface area contributed by atoms with E-state index in [4.69, 9.17) is 35.0 Å². The summed E-state index contributed by atoms with van der Waals surface area (Å²) in [5.41, 5.74) is 1.45. The van der Waals surface area contributed by atoms with Gasteiger partial charge in [0.05, 0.1) is 26.2 Å². The minimum absolute atomic E-state index is 0.000278. The Morgan fingerprint density at radius 2 is 1.35 bits per heavy atom. The zero-order chi connectivity index (χ0) is 39.5. The van der Waals surface area contributed by atoms with Crippen LogP contribution in [0.4, 0.5) is 23.4 Å². The Kier molecular flexibility index (Phi) is 13.0. The fraction of sp³-hybridized carbons (Fsp3) is 0.118. The molecule has 0 amide bonds. The third-order valence-corrected chi connectivity index (χ3v) is 14.0. The van der Waals surface area contributed by atoms with Gasteiger partial charge in [0.25, 0.3) is 20.0 Å². The number of rotatable bonds is 10. The number of thiazole rings is 2. The fourth-order valence-electron chi connectivity index (χ4n) is 4.78. The van der Waals surface area contributed by atoms with Gasteiger partial charge in [-0.05, 0) is 78.6 Å². The first-order valence-corrected chi connectivity index (χ1v) is 20.9. The highest BCUT2D eigenvalue weighted by Gasteiger charge is 2.29. The molecule has 2 unspecified atom stereocenters. The van der Waals surface area contributed by atoms with Gasteiger partial charge in [0.2, 0.25) is 5.13 Å². The first-order valence-electron chi connectivity index (χ1n) is 15.1. The van der Waals surface area contributed by atoms with E-state index < -0.39 is 49.7 Å². The normalized spacial score (nSPS) is 12.8. The molecule has 0 saturated carbocycles. The van der Waals surface area contributed by atoms with Gasteiger partial charge in [0.15, 0.2) is 5.13 Å². The number of aromatic nitrogens is 2. The number of hydrogen-bond donors (Lipinski definition) is 3. The van der Waals surface area contributed by atoms with Crippen molar-refractivity contribution in [1.29, 1.82) is 0 Å². The number of hydrogen-bond acceptors (Lipinski definition) is 10. The highest BCUT2D eigenvalue weighted by molar-refractivity contribution is 7.94. The quantitative estimate of drug-likeness (QED) is 0.116. The summed E-state index contributed by atoms with van der Waals surface area (Å²) in [7, 11) is -7.96. The lowest BCUT2D eigenvalue weighted by Crippen LogP contribution is -2.22. The molecule has 0 aliphatic rings. The van der Waals surface area contributed by atoms with E-state index in [9.17, 15) is 40.2 Å². The lowest BCUT2D eigenvalue weighted by atomic mass is 10.1. The van der Waals surface area contributed by atoms with Crippen LogP contribution in [-0.4, -0.2) is 37.0 Å². The van der Waals surface area contributed by atoms with Gasteiger partial charge >= 0.3 is 0 Å². The highest BCUT2D eigenvalue weighted by Crippen LogP contribution is 2.34. The predicted molar refractivity (Wildman–Crippen MR) is 204 cm³/mol. The van der Waals surface area contributed by atoms with E-state index in [2.05, 4.69) is 14.7 Å². The lowest BCUT2D eigenvalue weighted by molar-refractivity contribution is 0.215. The minimum atomic E-state index is -4.02. The summed E-state index contributed by atoms with van der Waals surface area (Å²) in [5, 5.41) is 23.7. The maximum atomic E-state index is 13.3. The van der Waals surface area contributed by atoms with Crippen molar-refractivity contribution < 1.29 is 40.2 Å². The van der Waals surface area contributed by atoms with Crippen molar-refractivity contribution in [2.24, 2.45) is 0 Å². The van der Waals surface area contributed by atoms with E-state index in [0.717, 1.165) is 40.9 Å². The van der Waals surface area contributed by atoms with Gasteiger partial charge in [0, 0.05) is 33.6 Å². The molecule has 2 heterocycles. The number of nitrogens with one attached hydrogen (secondary N) is 1. The average molecular weight is 878 g/mol. The second-order valence-electron chi connectivity index (χ2n) is 11.3. The van der Waals surface area contributed by atoms with Gasteiger partial charge in [-0.2, -0.15) is 8.42 Å². The van der Waals surface area contributed by atoms with E-state index in [1.807, 2.05) is 0 Å². The Morgan fingerprint density at radius 3 is 2.02 bits per heavy atom. The molecule has 0 fully saturated rings. The Morgan fingerprint density at radius 1 is 0.741 bits per heavy atom. The van der Waals surface area contributed by atoms with Crippen molar-refractivity contribution in [3.8, 4) is 0 Å². The molecule has 6 rings (SSSR count). The molecular formula is C34H26Cl3F3N4O6S4. The Balaban J connectivity index is 0.000000208. The van der Waals surface area contributed by atoms with Crippen LogP contribution < -0.4 is 8.55 Å². The number of anilines is 2. The molecule has 0 aliphatic carbocycles. The van der Waals surface area contributed by atoms with Crippen LogP contribution >= 0.6 is 57.7 Å². The lowest BCUT2D eigenvalue weighted by Gasteiger charge is -2.14. The van der Waals surface area contributed by atoms with Crippen LogP contribution in [0, 0.1) is 31.3 Å². The molecule has 0 spiro atoms. The van der Waals surface area contributed by atoms with Crippen LogP contribution in [0.3, 0.4) is 0 Å². The molecule has 2 aromatic heterocycles. The van der Waals surface area contributed by atoms with Crippen molar-refractivity contribution >= 4 is 88.0 Å². The van der Waals surface area contributed by atoms with Gasteiger partial charge in [-0.1, -0.05) is 53.5 Å². The number of aliphatic hydroxyl groups is 2. The summed E-state index contributed by atoms with van der Waals surface area (Å²) >= 11 is 19.6. The van der Waals surface area contributed by atoms with E-state index in [1.54, 1.807) is 38.1 Å². The summed E-state index contributed by atoms with van der Waals surface area (Å²) in [6.45, 7) is 3.24. The van der Waals surface area contributed by atoms with E-state index >= 15 is 0 Å². The predicted octanol–water partition coefficient (Wildman–Crippen LogP) is 8.94. The maximum absolute atomic E-state index is 13.3. The van der Waals surface area contributed by atoms with Crippen molar-refractivity contribution in [1.82, 2.24) is 9.97 Å². The van der Waals surface area contributed by atoms with Crippen molar-refractivity contribution in [3.63, 3.8) is 0 Å². The van der Waals surface area contributed by atoms with Crippen molar-refractivity contribution in [3.05, 3.63) is 151 Å². The van der Waals surface area contributed by atoms with Crippen LogP contribution in [0.25, 0.3) is 0 Å². The SMILES string of the molecule is Cc1c(Cl)cccc1S(=O)(=O)Nc1nc(C(O)c2cc(F)cc(F)c2)cs1.Cc1ccccc1S(=O)(=O)N(Cl)c1nc(C(O)c2ccc(F)c(Cl)c2)cs1. The number of sulfonamides is 2. The second-order valence-corrected chi connectivity index (χ2v) is 17.7. The van der Waals surface area contributed by atoms with Crippen LogP contribution in [0.5, 0.6) is 0 Å². The smallest absolute Gasteiger partial charge is 0.280 e. The summed E-state index contributed by atoms with van der Waals surface area (Å²) in [5.74, 6) is -2.28. The summed E-state index contributed by atoms with van der Waals surface area (Å²) in [6, 6.07) is 17.3. The third kappa shape index (κ3) is 9.35. The molecule has 4 aromatic carbocycles. The van der Waals surface area contributed by atoms with E-state index in [0.29, 0.717) is 31.6 Å². The summed E-state index contributed by atoms with van der Waals surface area (Å²) in [6.07, 6.45) is -2.61. The molecule has 0 radical (unpaired) electrons. The van der Waals surface area contributed by atoms with Gasteiger partial charge < -0.3 is 10.2 Å². The number of halogens is 6. The molecule has 2 atom stereocenters. The Hall–Kier alpha value is -3.78. The standard InChI is InChI=1S/C17H13Cl2FN2O3S2.C17H13ClF2N2O3S2/c1-10-4-2-3-5-15(10)27(24,25)22(19)17-21-14(9-26-17)16(23)11-6-7-13(20)12(18)8-11;1-9-13(18)3-2-4-15(9)27(24,25)22-17-21-14(8-26-17)16(23)10-5-11(19)7-12(20)6-10/h2-9,16,23H,1H3;2-8,16,23H,1H3,(H,21,22). The molecule has 3 N–H and O–H groups in total. The molecule has 284 valence electrons. The van der Waals surface area contributed by atoms with Crippen molar-refractivity contribution in [2.75, 3.05) is 8.55 Å². The second kappa shape index (κ2) is 16.9. The summed E-state index contributed by atoms with van der Waals surface area (Å²) < 4.78 is 93.3. The zero-order valence-electron chi connectivity index (χ0n) is 27.6. The number of benzene rings is 4. The molecule has 10 nitrogen and oxygen atoms in total. The largest absolute Gasteiger partial charge is 0.382 e. The molecule has 54 heavy (non-hydrogen) atoms. The Bertz CT molecular complexity index is 2520. The van der Waals surface area contributed by atoms with E-state index in [1.165, 1.54) is 41.1 Å². The third-order valence-electron chi connectivity index (χ3n) is 7.51. The van der Waals surface area contributed by atoms with Crippen LogP contribution in [0.2, 0.25) is 10.0 Å². The molecule has 20 heteroatoms. The number of aliphatic hydroxyl groups excluding tert-OH is 2. The molecule has 6 aromatic rings. The zero-order valence-corrected chi connectivity index (χ0v) is 33.1. The van der Waals surface area contributed by atoms with Crippen LogP contribution in [0.15, 0.2) is 99.4 Å². The molecule has 0 saturated heterocycles. The summed E-state index contributed by atoms with van der Waals surface area (Å²) in [4.78, 5) is 8.17. The van der Waals surface area contributed by atoms with Gasteiger partial charge in [-0.25, -0.2) is 31.6 Å². The first kappa shape index (κ1) is 41.4. The van der Waals surface area contributed by atoms with Crippen molar-refractivity contribution in [2.45, 2.75) is 35.8 Å². The van der Waals surface area contributed by atoms with Gasteiger partial charge in [0.1, 0.15) is 29.7 Å². The van der Waals surface area contributed by atoms with Gasteiger partial charge in [-0.3, -0.25) is 4.72 Å². The van der Waals surface area contributed by atoms with Gasteiger partial charge in [-0.15, -0.1) is 26.5 Å². The number of aryl methyl sites for hydroxylation is 1. The molecule has 0 aliphatic heterocycles. The monoisotopic (exact) mass is 876 g/mol. The maximum Gasteiger partial charge on any atom is 0.280 e. The van der Waals surface area contributed by atoms with Crippen LogP contribution in [-0.2, 0) is 20.0 Å². The highest BCUT2D eigenvalue weighted by atomic mass is 35.5. The first-order chi connectivity index (χ1) is 25.4. The molecular weight excluding hydrogens is 852 g/mol. The topological polar surface area (TPSA) is 150 Å². The fourth-order valence-corrected chi connectivity index (χ4v) is 10.0. The van der Waals surface area contributed by atoms with Crippen LogP contribution in [0.1, 0.15) is 45.8 Å². The Labute approximate surface area is 331 Å². The van der Waals surface area contributed by atoms with E-state index in [-0.39, 0.29) is 42.0 Å². The number of nitrogens with zero attached hydrogens (tertiary/aromatic N) is 3.